The Morgan fingerprint density at radius 1 is 1.22 bits per heavy atom. The number of fused-ring (bicyclic) bond motifs is 1. The highest BCUT2D eigenvalue weighted by molar-refractivity contribution is 6.30. The SMILES string of the molecule is O=C(NC(CO)CO)c1cnccc1N1CCOc2cnc(-c3cc(Cl)ccc3F)cc21. The third kappa shape index (κ3) is 4.36. The van der Waals surface area contributed by atoms with Crippen molar-refractivity contribution in [2.75, 3.05) is 31.3 Å². The zero-order valence-corrected chi connectivity index (χ0v) is 17.6. The molecule has 0 unspecified atom stereocenters. The molecule has 3 N–H and O–H groups in total. The van der Waals surface area contributed by atoms with Gasteiger partial charge in [0.15, 0.2) is 5.75 Å². The van der Waals surface area contributed by atoms with Crippen molar-refractivity contribution in [3.63, 3.8) is 0 Å². The second kappa shape index (κ2) is 9.47. The Morgan fingerprint density at radius 2 is 2.03 bits per heavy atom. The van der Waals surface area contributed by atoms with Crippen LogP contribution in [0.2, 0.25) is 5.02 Å². The third-order valence-corrected chi connectivity index (χ3v) is 5.26. The number of aliphatic hydroxyl groups excluding tert-OH is 2. The van der Waals surface area contributed by atoms with Gasteiger partial charge in [-0.2, -0.15) is 0 Å². The van der Waals surface area contributed by atoms with Gasteiger partial charge < -0.3 is 25.2 Å². The Morgan fingerprint density at radius 3 is 2.81 bits per heavy atom. The molecule has 2 aromatic heterocycles. The van der Waals surface area contributed by atoms with Gasteiger partial charge in [0.05, 0.1) is 54.6 Å². The minimum atomic E-state index is -0.797. The van der Waals surface area contributed by atoms with Crippen molar-refractivity contribution in [2.45, 2.75) is 6.04 Å². The second-order valence-electron chi connectivity index (χ2n) is 7.09. The molecule has 4 rings (SSSR count). The number of ether oxygens (including phenoxy) is 1. The maximum absolute atomic E-state index is 14.4. The van der Waals surface area contributed by atoms with Crippen LogP contribution in [0.25, 0.3) is 11.3 Å². The Kier molecular flexibility index (Phi) is 6.50. The van der Waals surface area contributed by atoms with E-state index in [0.29, 0.717) is 41.0 Å². The van der Waals surface area contributed by atoms with Crippen molar-refractivity contribution in [2.24, 2.45) is 0 Å². The summed E-state index contributed by atoms with van der Waals surface area (Å²) in [5, 5.41) is 21.5. The number of anilines is 2. The number of amides is 1. The van der Waals surface area contributed by atoms with E-state index in [0.717, 1.165) is 0 Å². The lowest BCUT2D eigenvalue weighted by atomic mass is 10.1. The number of carbonyl (C=O) groups excluding carboxylic acids is 1. The zero-order valence-electron chi connectivity index (χ0n) is 16.8. The summed E-state index contributed by atoms with van der Waals surface area (Å²) in [6.45, 7) is -0.0437. The van der Waals surface area contributed by atoms with Gasteiger partial charge >= 0.3 is 0 Å². The Hall–Kier alpha value is -3.27. The fourth-order valence-corrected chi connectivity index (χ4v) is 3.59. The molecule has 32 heavy (non-hydrogen) atoms. The summed E-state index contributed by atoms with van der Waals surface area (Å²) >= 11 is 6.04. The highest BCUT2D eigenvalue weighted by atomic mass is 35.5. The predicted molar refractivity (Wildman–Crippen MR) is 117 cm³/mol. The Bertz CT molecular complexity index is 1140. The van der Waals surface area contributed by atoms with Crippen molar-refractivity contribution in [3.8, 4) is 17.0 Å². The van der Waals surface area contributed by atoms with Crippen LogP contribution >= 0.6 is 11.6 Å². The molecule has 0 fully saturated rings. The van der Waals surface area contributed by atoms with E-state index in [4.69, 9.17) is 16.3 Å². The predicted octanol–water partition coefficient (Wildman–Crippen LogP) is 2.55. The number of benzene rings is 1. The number of nitrogens with one attached hydrogen (secondary N) is 1. The fourth-order valence-electron chi connectivity index (χ4n) is 3.42. The number of hydrogen-bond acceptors (Lipinski definition) is 7. The summed E-state index contributed by atoms with van der Waals surface area (Å²) < 4.78 is 20.1. The van der Waals surface area contributed by atoms with Crippen LogP contribution in [-0.4, -0.2) is 58.5 Å². The number of hydrogen-bond donors (Lipinski definition) is 3. The molecule has 0 saturated carbocycles. The standard InChI is InChI=1S/C22H20ClFN4O4/c23-13-1-2-17(24)15(7-13)18-8-20-21(10-26-18)32-6-5-28(20)19-3-4-25-9-16(19)22(31)27-14(11-29)12-30/h1-4,7-10,14,29-30H,5-6,11-12H2,(H,27,31). The summed E-state index contributed by atoms with van der Waals surface area (Å²) in [7, 11) is 0. The minimum Gasteiger partial charge on any atom is -0.488 e. The van der Waals surface area contributed by atoms with E-state index >= 15 is 0 Å². The molecule has 0 radical (unpaired) electrons. The summed E-state index contributed by atoms with van der Waals surface area (Å²) in [6.07, 6.45) is 4.46. The van der Waals surface area contributed by atoms with E-state index < -0.39 is 31.0 Å². The number of aliphatic hydroxyl groups is 2. The Balaban J connectivity index is 1.75. The lowest BCUT2D eigenvalue weighted by Crippen LogP contribution is -2.41. The van der Waals surface area contributed by atoms with Gasteiger partial charge in [0, 0.05) is 23.0 Å². The number of nitrogens with zero attached hydrogens (tertiary/aromatic N) is 3. The van der Waals surface area contributed by atoms with E-state index in [-0.39, 0.29) is 11.1 Å². The van der Waals surface area contributed by atoms with Gasteiger partial charge in [-0.15, -0.1) is 0 Å². The molecule has 1 aliphatic heterocycles. The first-order valence-electron chi connectivity index (χ1n) is 9.84. The lowest BCUT2D eigenvalue weighted by Gasteiger charge is -2.32. The smallest absolute Gasteiger partial charge is 0.255 e. The topological polar surface area (TPSA) is 108 Å². The molecule has 0 aliphatic carbocycles. The van der Waals surface area contributed by atoms with Gasteiger partial charge in [-0.1, -0.05) is 11.6 Å². The molecule has 0 bridgehead atoms. The highest BCUT2D eigenvalue weighted by Gasteiger charge is 2.26. The maximum Gasteiger partial charge on any atom is 0.255 e. The monoisotopic (exact) mass is 458 g/mol. The molecule has 8 nitrogen and oxygen atoms in total. The minimum absolute atomic E-state index is 0.243. The van der Waals surface area contributed by atoms with Crippen LogP contribution < -0.4 is 15.0 Å². The lowest BCUT2D eigenvalue weighted by molar-refractivity contribution is 0.0879. The summed E-state index contributed by atoms with van der Waals surface area (Å²) in [5.41, 5.74) is 1.99. The van der Waals surface area contributed by atoms with E-state index in [2.05, 4.69) is 15.3 Å². The third-order valence-electron chi connectivity index (χ3n) is 5.02. The van der Waals surface area contributed by atoms with Gasteiger partial charge in [0.25, 0.3) is 5.91 Å². The second-order valence-corrected chi connectivity index (χ2v) is 7.53. The van der Waals surface area contributed by atoms with Crippen LogP contribution in [0.5, 0.6) is 5.75 Å². The van der Waals surface area contributed by atoms with Crippen LogP contribution in [0.4, 0.5) is 15.8 Å². The molecule has 1 aromatic carbocycles. The fraction of sp³-hybridized carbons (Fsp3) is 0.227. The van der Waals surface area contributed by atoms with Crippen molar-refractivity contribution in [1.82, 2.24) is 15.3 Å². The molecule has 166 valence electrons. The molecular formula is C22H20ClFN4O4. The average Bonchev–Trinajstić information content (AvgIpc) is 2.83. The summed E-state index contributed by atoms with van der Waals surface area (Å²) in [5.74, 6) is -0.480. The van der Waals surface area contributed by atoms with E-state index in [1.165, 1.54) is 30.6 Å². The normalized spacial score (nSPS) is 13.0. The van der Waals surface area contributed by atoms with Crippen molar-refractivity contribution in [1.29, 1.82) is 0 Å². The molecule has 10 heteroatoms. The summed E-state index contributed by atoms with van der Waals surface area (Å²) in [6, 6.07) is 6.79. The van der Waals surface area contributed by atoms with E-state index in [9.17, 15) is 19.4 Å². The number of halogens is 2. The molecule has 1 amide bonds. The highest BCUT2D eigenvalue weighted by Crippen LogP contribution is 2.40. The number of rotatable bonds is 6. The molecule has 1 aliphatic rings. The van der Waals surface area contributed by atoms with Crippen molar-refractivity contribution >= 4 is 28.9 Å². The van der Waals surface area contributed by atoms with Crippen LogP contribution in [0.15, 0.2) is 48.9 Å². The van der Waals surface area contributed by atoms with E-state index in [1.54, 1.807) is 18.3 Å². The molecule has 0 saturated heterocycles. The number of carbonyl (C=O) groups is 1. The average molecular weight is 459 g/mol. The first kappa shape index (κ1) is 21.9. The first-order valence-corrected chi connectivity index (χ1v) is 10.2. The number of pyridine rings is 2. The van der Waals surface area contributed by atoms with Crippen LogP contribution in [0, 0.1) is 5.82 Å². The molecule has 3 heterocycles. The van der Waals surface area contributed by atoms with Gasteiger partial charge in [0.1, 0.15) is 12.4 Å². The van der Waals surface area contributed by atoms with Gasteiger partial charge in [-0.25, -0.2) is 4.39 Å². The Labute approximate surface area is 188 Å². The van der Waals surface area contributed by atoms with Gasteiger partial charge in [-0.05, 0) is 30.3 Å². The first-order chi connectivity index (χ1) is 15.5. The van der Waals surface area contributed by atoms with Gasteiger partial charge in [0.2, 0.25) is 0 Å². The van der Waals surface area contributed by atoms with Crippen LogP contribution in [-0.2, 0) is 0 Å². The van der Waals surface area contributed by atoms with E-state index in [1.807, 2.05) is 4.90 Å². The molecule has 0 spiro atoms. The maximum atomic E-state index is 14.4. The largest absolute Gasteiger partial charge is 0.488 e. The molecule has 3 aromatic rings. The van der Waals surface area contributed by atoms with Crippen LogP contribution in [0.3, 0.4) is 0 Å². The zero-order chi connectivity index (χ0) is 22.7. The van der Waals surface area contributed by atoms with Crippen molar-refractivity contribution < 1.29 is 24.1 Å². The molecular weight excluding hydrogens is 439 g/mol. The van der Waals surface area contributed by atoms with Gasteiger partial charge in [-0.3, -0.25) is 14.8 Å². The summed E-state index contributed by atoms with van der Waals surface area (Å²) in [4.78, 5) is 23.0. The van der Waals surface area contributed by atoms with Crippen molar-refractivity contribution in [3.05, 3.63) is 65.3 Å². The quantitative estimate of drug-likeness (QED) is 0.521. The van der Waals surface area contributed by atoms with Crippen LogP contribution in [0.1, 0.15) is 10.4 Å². The number of aromatic nitrogens is 2. The molecule has 0 atom stereocenters.